The number of rotatable bonds is 1. The van der Waals surface area contributed by atoms with Crippen molar-refractivity contribution in [3.8, 4) is 16.9 Å². The highest BCUT2D eigenvalue weighted by atomic mass is 16.3. The highest BCUT2D eigenvalue weighted by molar-refractivity contribution is 6.03. The van der Waals surface area contributed by atoms with E-state index in [1.54, 1.807) is 12.1 Å². The Hall–Kier alpha value is -2.09. The maximum atomic E-state index is 12.0. The summed E-state index contributed by atoms with van der Waals surface area (Å²) < 4.78 is 0. The molecular formula is C16H14O2. The minimum atomic E-state index is 0.0817. The first-order chi connectivity index (χ1) is 8.66. The Morgan fingerprint density at radius 2 is 1.72 bits per heavy atom. The maximum Gasteiger partial charge on any atom is 0.166 e. The number of benzene rings is 2. The molecule has 2 aromatic carbocycles. The van der Waals surface area contributed by atoms with Crippen molar-refractivity contribution in [1.82, 2.24) is 0 Å². The molecule has 0 fully saturated rings. The minimum absolute atomic E-state index is 0.0817. The number of carbonyl (C=O) groups is 1. The van der Waals surface area contributed by atoms with Gasteiger partial charge in [0, 0.05) is 11.5 Å². The molecule has 0 spiro atoms. The predicted molar refractivity (Wildman–Crippen MR) is 70.7 cm³/mol. The third kappa shape index (κ3) is 1.61. The molecule has 1 atom stereocenters. The SMILES string of the molecule is CC1Cc2c(cccc2-c2ccc(O)cc2)C1=O. The van der Waals surface area contributed by atoms with Gasteiger partial charge in [-0.1, -0.05) is 37.3 Å². The summed E-state index contributed by atoms with van der Waals surface area (Å²) in [6.45, 7) is 1.98. The van der Waals surface area contributed by atoms with Crippen LogP contribution in [0.4, 0.5) is 0 Å². The molecule has 0 aliphatic heterocycles. The van der Waals surface area contributed by atoms with E-state index in [1.807, 2.05) is 37.3 Å². The number of ketones is 1. The summed E-state index contributed by atoms with van der Waals surface area (Å²) in [5, 5.41) is 9.33. The lowest BCUT2D eigenvalue weighted by Gasteiger charge is -2.08. The molecule has 2 heteroatoms. The number of hydrogen-bond donors (Lipinski definition) is 1. The van der Waals surface area contributed by atoms with Crippen molar-refractivity contribution < 1.29 is 9.90 Å². The molecule has 0 saturated heterocycles. The Morgan fingerprint density at radius 1 is 1.06 bits per heavy atom. The van der Waals surface area contributed by atoms with Gasteiger partial charge in [-0.25, -0.2) is 0 Å². The third-order valence-corrected chi connectivity index (χ3v) is 3.58. The number of Topliss-reactive ketones (excluding diaryl/α,β-unsaturated/α-hetero) is 1. The van der Waals surface area contributed by atoms with E-state index in [1.165, 1.54) is 0 Å². The topological polar surface area (TPSA) is 37.3 Å². The second kappa shape index (κ2) is 3.98. The zero-order chi connectivity index (χ0) is 12.7. The molecule has 3 rings (SSSR count). The molecule has 0 saturated carbocycles. The second-order valence-corrected chi connectivity index (χ2v) is 4.85. The van der Waals surface area contributed by atoms with Crippen LogP contribution >= 0.6 is 0 Å². The predicted octanol–water partition coefficient (Wildman–Crippen LogP) is 3.43. The largest absolute Gasteiger partial charge is 0.508 e. The summed E-state index contributed by atoms with van der Waals surface area (Å²) in [4.78, 5) is 12.0. The van der Waals surface area contributed by atoms with Gasteiger partial charge < -0.3 is 5.11 Å². The van der Waals surface area contributed by atoms with Crippen molar-refractivity contribution in [2.45, 2.75) is 13.3 Å². The molecule has 2 aromatic rings. The van der Waals surface area contributed by atoms with Gasteiger partial charge in [-0.3, -0.25) is 4.79 Å². The van der Waals surface area contributed by atoms with Crippen LogP contribution in [0.1, 0.15) is 22.8 Å². The van der Waals surface area contributed by atoms with E-state index >= 15 is 0 Å². The fourth-order valence-corrected chi connectivity index (χ4v) is 2.61. The number of carbonyl (C=O) groups excluding carboxylic acids is 1. The average molecular weight is 238 g/mol. The van der Waals surface area contributed by atoms with Crippen LogP contribution < -0.4 is 0 Å². The van der Waals surface area contributed by atoms with Gasteiger partial charge in [-0.15, -0.1) is 0 Å². The molecule has 0 radical (unpaired) electrons. The van der Waals surface area contributed by atoms with Crippen LogP contribution in [0.3, 0.4) is 0 Å². The Morgan fingerprint density at radius 3 is 2.44 bits per heavy atom. The van der Waals surface area contributed by atoms with Gasteiger partial charge >= 0.3 is 0 Å². The van der Waals surface area contributed by atoms with Crippen LogP contribution in [0.5, 0.6) is 5.75 Å². The summed E-state index contributed by atoms with van der Waals surface area (Å²) >= 11 is 0. The lowest BCUT2D eigenvalue weighted by atomic mass is 9.96. The summed E-state index contributed by atoms with van der Waals surface area (Å²) in [6, 6.07) is 13.0. The molecular weight excluding hydrogens is 224 g/mol. The van der Waals surface area contributed by atoms with Gasteiger partial charge in [0.25, 0.3) is 0 Å². The van der Waals surface area contributed by atoms with Crippen LogP contribution in [0, 0.1) is 5.92 Å². The quantitative estimate of drug-likeness (QED) is 0.826. The standard InChI is InChI=1S/C16H14O2/c1-10-9-15-13(3-2-4-14(15)16(10)18)11-5-7-12(17)8-6-11/h2-8,10,17H,9H2,1H3. The van der Waals surface area contributed by atoms with E-state index in [0.29, 0.717) is 0 Å². The van der Waals surface area contributed by atoms with Crippen molar-refractivity contribution in [3.63, 3.8) is 0 Å². The van der Waals surface area contributed by atoms with Crippen molar-refractivity contribution in [1.29, 1.82) is 0 Å². The highest BCUT2D eigenvalue weighted by Gasteiger charge is 2.28. The summed E-state index contributed by atoms with van der Waals surface area (Å²) in [5.41, 5.74) is 4.14. The Labute approximate surface area is 106 Å². The van der Waals surface area contributed by atoms with E-state index in [0.717, 1.165) is 28.7 Å². The zero-order valence-corrected chi connectivity index (χ0v) is 10.2. The molecule has 1 aliphatic carbocycles. The van der Waals surface area contributed by atoms with Crippen LogP contribution in [0.2, 0.25) is 0 Å². The molecule has 18 heavy (non-hydrogen) atoms. The Bertz CT molecular complexity index is 611. The summed E-state index contributed by atoms with van der Waals surface area (Å²) in [7, 11) is 0. The smallest absolute Gasteiger partial charge is 0.166 e. The molecule has 1 N–H and O–H groups in total. The number of aromatic hydroxyl groups is 1. The second-order valence-electron chi connectivity index (χ2n) is 4.85. The first-order valence-electron chi connectivity index (χ1n) is 6.12. The van der Waals surface area contributed by atoms with E-state index < -0.39 is 0 Å². The first-order valence-corrected chi connectivity index (χ1v) is 6.12. The van der Waals surface area contributed by atoms with E-state index in [-0.39, 0.29) is 17.5 Å². The van der Waals surface area contributed by atoms with Gasteiger partial charge in [0.15, 0.2) is 5.78 Å². The third-order valence-electron chi connectivity index (χ3n) is 3.58. The molecule has 0 amide bonds. The van der Waals surface area contributed by atoms with Crippen molar-refractivity contribution in [2.24, 2.45) is 5.92 Å². The van der Waals surface area contributed by atoms with Gasteiger partial charge in [-0.2, -0.15) is 0 Å². The number of hydrogen-bond acceptors (Lipinski definition) is 2. The first kappa shape index (κ1) is 11.0. The molecule has 0 bridgehead atoms. The monoisotopic (exact) mass is 238 g/mol. The van der Waals surface area contributed by atoms with Crippen LogP contribution in [-0.4, -0.2) is 10.9 Å². The van der Waals surface area contributed by atoms with Crippen molar-refractivity contribution in [3.05, 3.63) is 53.6 Å². The maximum absolute atomic E-state index is 12.0. The molecule has 0 aromatic heterocycles. The normalized spacial score (nSPS) is 17.8. The fourth-order valence-electron chi connectivity index (χ4n) is 2.61. The number of phenolic OH excluding ortho intramolecular Hbond substituents is 1. The summed E-state index contributed by atoms with van der Waals surface area (Å²) in [5.74, 6) is 0.583. The van der Waals surface area contributed by atoms with E-state index in [2.05, 4.69) is 0 Å². The number of fused-ring (bicyclic) bond motifs is 1. The molecule has 2 nitrogen and oxygen atoms in total. The lowest BCUT2D eigenvalue weighted by Crippen LogP contribution is -2.02. The van der Waals surface area contributed by atoms with Crippen molar-refractivity contribution >= 4 is 5.78 Å². The highest BCUT2D eigenvalue weighted by Crippen LogP contribution is 2.35. The van der Waals surface area contributed by atoms with Crippen molar-refractivity contribution in [2.75, 3.05) is 0 Å². The van der Waals surface area contributed by atoms with Crippen LogP contribution in [-0.2, 0) is 6.42 Å². The van der Waals surface area contributed by atoms with E-state index in [9.17, 15) is 9.90 Å². The van der Waals surface area contributed by atoms with Gasteiger partial charge in [-0.05, 0) is 35.2 Å². The molecule has 0 heterocycles. The lowest BCUT2D eigenvalue weighted by molar-refractivity contribution is 0.0946. The summed E-state index contributed by atoms with van der Waals surface area (Å²) in [6.07, 6.45) is 0.811. The average Bonchev–Trinajstić information content (AvgIpc) is 2.67. The minimum Gasteiger partial charge on any atom is -0.508 e. The Balaban J connectivity index is 2.15. The van der Waals surface area contributed by atoms with Crippen LogP contribution in [0.25, 0.3) is 11.1 Å². The van der Waals surface area contributed by atoms with Gasteiger partial charge in [0.2, 0.25) is 0 Å². The molecule has 1 aliphatic rings. The van der Waals surface area contributed by atoms with Gasteiger partial charge in [0.1, 0.15) is 5.75 Å². The Kier molecular flexibility index (Phi) is 2.44. The molecule has 90 valence electrons. The fraction of sp³-hybridized carbons (Fsp3) is 0.188. The van der Waals surface area contributed by atoms with Crippen LogP contribution in [0.15, 0.2) is 42.5 Å². The molecule has 1 unspecified atom stereocenters. The number of phenols is 1. The van der Waals surface area contributed by atoms with Gasteiger partial charge in [0.05, 0.1) is 0 Å². The zero-order valence-electron chi connectivity index (χ0n) is 10.2. The van der Waals surface area contributed by atoms with E-state index in [4.69, 9.17) is 0 Å².